The Labute approximate surface area is 115 Å². The van der Waals surface area contributed by atoms with Gasteiger partial charge in [0.1, 0.15) is 6.26 Å². The minimum absolute atomic E-state index is 0.229. The lowest BCUT2D eigenvalue weighted by molar-refractivity contribution is 0.0278. The number of aromatic nitrogens is 1. The predicted molar refractivity (Wildman–Crippen MR) is 75.3 cm³/mol. The van der Waals surface area contributed by atoms with E-state index >= 15 is 0 Å². The Kier molecular flexibility index (Phi) is 4.82. The van der Waals surface area contributed by atoms with Crippen molar-refractivity contribution in [2.45, 2.75) is 58.8 Å². The van der Waals surface area contributed by atoms with Crippen LogP contribution in [0.4, 0.5) is 6.01 Å². The Bertz CT molecular complexity index is 392. The Morgan fingerprint density at radius 3 is 3.00 bits per heavy atom. The van der Waals surface area contributed by atoms with Crippen LogP contribution < -0.4 is 10.2 Å². The van der Waals surface area contributed by atoms with Crippen LogP contribution in [0.1, 0.15) is 39.8 Å². The Balaban J connectivity index is 2.03. The van der Waals surface area contributed by atoms with Crippen LogP contribution in [0.2, 0.25) is 0 Å². The van der Waals surface area contributed by atoms with Crippen LogP contribution in [-0.2, 0) is 11.3 Å². The Morgan fingerprint density at radius 1 is 1.53 bits per heavy atom. The van der Waals surface area contributed by atoms with Gasteiger partial charge in [0, 0.05) is 19.1 Å². The van der Waals surface area contributed by atoms with Gasteiger partial charge in [0.2, 0.25) is 0 Å². The molecule has 0 bridgehead atoms. The third kappa shape index (κ3) is 3.70. The third-order valence-corrected chi connectivity index (χ3v) is 3.42. The number of anilines is 1. The van der Waals surface area contributed by atoms with Gasteiger partial charge in [-0.25, -0.2) is 0 Å². The van der Waals surface area contributed by atoms with Crippen LogP contribution in [0.5, 0.6) is 0 Å². The second-order valence-corrected chi connectivity index (χ2v) is 5.52. The monoisotopic (exact) mass is 267 g/mol. The molecule has 19 heavy (non-hydrogen) atoms. The van der Waals surface area contributed by atoms with Gasteiger partial charge in [-0.2, -0.15) is 4.98 Å². The molecule has 0 spiro atoms. The maximum absolute atomic E-state index is 5.70. The molecule has 5 nitrogen and oxygen atoms in total. The summed E-state index contributed by atoms with van der Waals surface area (Å²) in [4.78, 5) is 6.81. The predicted octanol–water partition coefficient (Wildman–Crippen LogP) is 2.18. The zero-order valence-electron chi connectivity index (χ0n) is 12.3. The molecule has 1 saturated heterocycles. The fourth-order valence-electron chi connectivity index (χ4n) is 2.23. The molecule has 1 N–H and O–H groups in total. The summed E-state index contributed by atoms with van der Waals surface area (Å²) in [5, 5.41) is 3.35. The third-order valence-electron chi connectivity index (χ3n) is 3.42. The van der Waals surface area contributed by atoms with E-state index in [1.165, 1.54) is 0 Å². The number of morpholine rings is 1. The highest BCUT2D eigenvalue weighted by Gasteiger charge is 2.28. The van der Waals surface area contributed by atoms with Crippen LogP contribution in [0.25, 0.3) is 0 Å². The van der Waals surface area contributed by atoms with E-state index in [-0.39, 0.29) is 6.10 Å². The number of nitrogens with zero attached hydrogens (tertiary/aromatic N) is 2. The molecule has 1 fully saturated rings. The van der Waals surface area contributed by atoms with Crippen LogP contribution in [0.3, 0.4) is 0 Å². The fourth-order valence-corrected chi connectivity index (χ4v) is 2.23. The molecule has 0 aromatic carbocycles. The highest BCUT2D eigenvalue weighted by atomic mass is 16.5. The summed E-state index contributed by atoms with van der Waals surface area (Å²) in [5.74, 6) is 0. The number of rotatable bonds is 5. The molecule has 2 unspecified atom stereocenters. The lowest BCUT2D eigenvalue weighted by atomic mass is 10.1. The molecule has 1 aliphatic rings. The average molecular weight is 267 g/mol. The first-order chi connectivity index (χ1) is 9.10. The van der Waals surface area contributed by atoms with E-state index in [9.17, 15) is 0 Å². The van der Waals surface area contributed by atoms with Crippen molar-refractivity contribution < 1.29 is 9.15 Å². The molecular weight excluding hydrogens is 242 g/mol. The van der Waals surface area contributed by atoms with Crippen molar-refractivity contribution in [1.82, 2.24) is 10.3 Å². The molecule has 1 aromatic heterocycles. The van der Waals surface area contributed by atoms with E-state index in [2.05, 4.69) is 42.9 Å². The van der Waals surface area contributed by atoms with Crippen LogP contribution >= 0.6 is 0 Å². The lowest BCUT2D eigenvalue weighted by Crippen LogP contribution is -2.48. The van der Waals surface area contributed by atoms with E-state index in [0.717, 1.165) is 37.8 Å². The minimum Gasteiger partial charge on any atom is -0.432 e. The van der Waals surface area contributed by atoms with E-state index < -0.39 is 0 Å². The van der Waals surface area contributed by atoms with E-state index in [1.807, 2.05) is 0 Å². The molecule has 0 radical (unpaired) electrons. The Hall–Kier alpha value is -1.07. The van der Waals surface area contributed by atoms with Crippen molar-refractivity contribution in [2.75, 3.05) is 18.1 Å². The minimum atomic E-state index is 0.229. The summed E-state index contributed by atoms with van der Waals surface area (Å²) in [6.45, 7) is 10.8. The first kappa shape index (κ1) is 14.3. The van der Waals surface area contributed by atoms with Gasteiger partial charge in [0.25, 0.3) is 6.01 Å². The van der Waals surface area contributed by atoms with Gasteiger partial charge in [0.05, 0.1) is 24.4 Å². The van der Waals surface area contributed by atoms with Gasteiger partial charge in [-0.3, -0.25) is 0 Å². The number of ether oxygens (including phenoxy) is 1. The standard InChI is InChI=1S/C14H25N3O2/c1-5-13-9-18-11(4)7-17(13)14-16-12(8-19-14)6-15-10(2)3/h8,10-11,13,15H,5-7,9H2,1-4H3. The number of hydrogen-bond acceptors (Lipinski definition) is 5. The number of nitrogens with one attached hydrogen (secondary N) is 1. The maximum atomic E-state index is 5.70. The normalized spacial score (nSPS) is 24.2. The van der Waals surface area contributed by atoms with Crippen molar-refractivity contribution in [1.29, 1.82) is 0 Å². The summed E-state index contributed by atoms with van der Waals surface area (Å²) >= 11 is 0. The molecule has 0 amide bonds. The first-order valence-electron chi connectivity index (χ1n) is 7.16. The molecule has 0 saturated carbocycles. The van der Waals surface area contributed by atoms with E-state index in [1.54, 1.807) is 6.26 Å². The zero-order valence-corrected chi connectivity index (χ0v) is 12.3. The van der Waals surface area contributed by atoms with Gasteiger partial charge < -0.3 is 19.4 Å². The molecule has 2 rings (SSSR count). The smallest absolute Gasteiger partial charge is 0.297 e. The molecule has 2 heterocycles. The molecule has 5 heteroatoms. The van der Waals surface area contributed by atoms with Gasteiger partial charge in [-0.1, -0.05) is 20.8 Å². The van der Waals surface area contributed by atoms with Crippen molar-refractivity contribution in [3.05, 3.63) is 12.0 Å². The van der Waals surface area contributed by atoms with Crippen LogP contribution in [0.15, 0.2) is 10.7 Å². The zero-order chi connectivity index (χ0) is 13.8. The molecule has 1 aromatic rings. The summed E-state index contributed by atoms with van der Waals surface area (Å²) in [6, 6.07) is 1.54. The molecular formula is C14H25N3O2. The summed E-state index contributed by atoms with van der Waals surface area (Å²) in [6.07, 6.45) is 3.01. The number of hydrogen-bond donors (Lipinski definition) is 1. The van der Waals surface area contributed by atoms with Crippen molar-refractivity contribution in [3.63, 3.8) is 0 Å². The summed E-state index contributed by atoms with van der Waals surface area (Å²) in [7, 11) is 0. The lowest BCUT2D eigenvalue weighted by Gasteiger charge is -2.37. The Morgan fingerprint density at radius 2 is 2.32 bits per heavy atom. The van der Waals surface area contributed by atoms with Crippen molar-refractivity contribution in [2.24, 2.45) is 0 Å². The van der Waals surface area contributed by atoms with Gasteiger partial charge in [-0.15, -0.1) is 0 Å². The molecule has 108 valence electrons. The summed E-state index contributed by atoms with van der Waals surface area (Å²) < 4.78 is 11.3. The maximum Gasteiger partial charge on any atom is 0.297 e. The first-order valence-corrected chi connectivity index (χ1v) is 7.16. The van der Waals surface area contributed by atoms with Gasteiger partial charge in [0.15, 0.2) is 0 Å². The largest absolute Gasteiger partial charge is 0.432 e. The quantitative estimate of drug-likeness (QED) is 0.886. The van der Waals surface area contributed by atoms with E-state index in [0.29, 0.717) is 12.1 Å². The SMILES string of the molecule is CCC1COC(C)CN1c1nc(CNC(C)C)co1. The topological polar surface area (TPSA) is 50.5 Å². The summed E-state index contributed by atoms with van der Waals surface area (Å²) in [5.41, 5.74) is 0.956. The van der Waals surface area contributed by atoms with Crippen LogP contribution in [-0.4, -0.2) is 36.3 Å². The highest BCUT2D eigenvalue weighted by molar-refractivity contribution is 5.30. The van der Waals surface area contributed by atoms with Gasteiger partial charge >= 0.3 is 0 Å². The van der Waals surface area contributed by atoms with Crippen LogP contribution in [0, 0.1) is 0 Å². The van der Waals surface area contributed by atoms with Gasteiger partial charge in [-0.05, 0) is 13.3 Å². The molecule has 0 aliphatic carbocycles. The van der Waals surface area contributed by atoms with Crippen molar-refractivity contribution in [3.8, 4) is 0 Å². The van der Waals surface area contributed by atoms with Crippen molar-refractivity contribution >= 4 is 6.01 Å². The molecule has 1 aliphatic heterocycles. The second kappa shape index (κ2) is 6.39. The second-order valence-electron chi connectivity index (χ2n) is 5.52. The number of oxazole rings is 1. The van der Waals surface area contributed by atoms with E-state index in [4.69, 9.17) is 9.15 Å². The fraction of sp³-hybridized carbons (Fsp3) is 0.786. The molecule has 2 atom stereocenters. The average Bonchev–Trinajstić information content (AvgIpc) is 2.85. The highest BCUT2D eigenvalue weighted by Crippen LogP contribution is 2.22.